The SMILES string of the molecule is C1=CCC2(CC1)CCCCO2. The second kappa shape index (κ2) is 2.98. The molecule has 1 atom stereocenters. The van der Waals surface area contributed by atoms with Crippen molar-refractivity contribution in [3.8, 4) is 0 Å². The molecule has 0 amide bonds. The van der Waals surface area contributed by atoms with Crippen molar-refractivity contribution in [2.24, 2.45) is 0 Å². The summed E-state index contributed by atoms with van der Waals surface area (Å²) in [6.45, 7) is 0.994. The summed E-state index contributed by atoms with van der Waals surface area (Å²) in [5.41, 5.74) is 0.271. The van der Waals surface area contributed by atoms with Crippen molar-refractivity contribution in [2.75, 3.05) is 6.61 Å². The van der Waals surface area contributed by atoms with E-state index < -0.39 is 0 Å². The van der Waals surface area contributed by atoms with Crippen molar-refractivity contribution in [1.82, 2.24) is 0 Å². The zero-order valence-electron chi connectivity index (χ0n) is 7.01. The predicted octanol–water partition coefficient (Wildman–Crippen LogP) is 2.67. The van der Waals surface area contributed by atoms with Gasteiger partial charge in [-0.3, -0.25) is 0 Å². The van der Waals surface area contributed by atoms with E-state index in [9.17, 15) is 0 Å². The van der Waals surface area contributed by atoms with Crippen molar-refractivity contribution in [1.29, 1.82) is 0 Å². The van der Waals surface area contributed by atoms with E-state index in [2.05, 4.69) is 12.2 Å². The minimum Gasteiger partial charge on any atom is -0.375 e. The van der Waals surface area contributed by atoms with Gasteiger partial charge in [-0.25, -0.2) is 0 Å². The average molecular weight is 152 g/mol. The van der Waals surface area contributed by atoms with Crippen LogP contribution in [-0.4, -0.2) is 12.2 Å². The number of allylic oxidation sites excluding steroid dienone is 1. The van der Waals surface area contributed by atoms with E-state index in [-0.39, 0.29) is 5.60 Å². The molecule has 1 heterocycles. The predicted molar refractivity (Wildman–Crippen MR) is 45.5 cm³/mol. The summed E-state index contributed by atoms with van der Waals surface area (Å²) in [4.78, 5) is 0. The minimum absolute atomic E-state index is 0.271. The molecule has 1 spiro atoms. The molecule has 0 aromatic carbocycles. The largest absolute Gasteiger partial charge is 0.375 e. The monoisotopic (exact) mass is 152 g/mol. The summed E-state index contributed by atoms with van der Waals surface area (Å²) >= 11 is 0. The van der Waals surface area contributed by atoms with E-state index in [4.69, 9.17) is 4.74 Å². The van der Waals surface area contributed by atoms with Crippen LogP contribution in [0.1, 0.15) is 38.5 Å². The third-order valence-electron chi connectivity index (χ3n) is 2.86. The highest BCUT2D eigenvalue weighted by Crippen LogP contribution is 2.35. The lowest BCUT2D eigenvalue weighted by Gasteiger charge is -2.38. The molecule has 11 heavy (non-hydrogen) atoms. The maximum Gasteiger partial charge on any atom is 0.0719 e. The van der Waals surface area contributed by atoms with Crippen molar-refractivity contribution in [3.63, 3.8) is 0 Å². The molecule has 1 nitrogen and oxygen atoms in total. The second-order valence-electron chi connectivity index (χ2n) is 3.70. The van der Waals surface area contributed by atoms with Crippen LogP contribution in [0.3, 0.4) is 0 Å². The van der Waals surface area contributed by atoms with Gasteiger partial charge in [-0.05, 0) is 38.5 Å². The lowest BCUT2D eigenvalue weighted by Crippen LogP contribution is -2.36. The van der Waals surface area contributed by atoms with E-state index in [1.165, 1.54) is 32.1 Å². The van der Waals surface area contributed by atoms with Crippen molar-refractivity contribution >= 4 is 0 Å². The molecule has 1 aliphatic carbocycles. The van der Waals surface area contributed by atoms with E-state index in [1.54, 1.807) is 0 Å². The second-order valence-corrected chi connectivity index (χ2v) is 3.70. The standard InChI is InChI=1S/C10H16O/c1-2-6-10(7-3-1)8-4-5-9-11-10/h1-2H,3-9H2. The highest BCUT2D eigenvalue weighted by Gasteiger charge is 2.32. The molecule has 0 bridgehead atoms. The van der Waals surface area contributed by atoms with Gasteiger partial charge in [0, 0.05) is 6.61 Å². The molecule has 1 aliphatic heterocycles. The van der Waals surface area contributed by atoms with Crippen LogP contribution in [0.2, 0.25) is 0 Å². The van der Waals surface area contributed by atoms with E-state index >= 15 is 0 Å². The van der Waals surface area contributed by atoms with Gasteiger partial charge in [-0.2, -0.15) is 0 Å². The zero-order chi connectivity index (χ0) is 7.57. The topological polar surface area (TPSA) is 9.23 Å². The Morgan fingerprint density at radius 1 is 1.09 bits per heavy atom. The summed E-state index contributed by atoms with van der Waals surface area (Å²) in [5, 5.41) is 0. The third kappa shape index (κ3) is 1.48. The van der Waals surface area contributed by atoms with Gasteiger partial charge in [0.2, 0.25) is 0 Å². The van der Waals surface area contributed by atoms with Crippen LogP contribution >= 0.6 is 0 Å². The molecule has 0 aromatic heterocycles. The first-order chi connectivity index (χ1) is 5.41. The highest BCUT2D eigenvalue weighted by molar-refractivity contribution is 5.00. The molecule has 0 aromatic rings. The Balaban J connectivity index is 2.01. The summed E-state index contributed by atoms with van der Waals surface area (Å²) in [6.07, 6.45) is 12.1. The summed E-state index contributed by atoms with van der Waals surface area (Å²) in [5.74, 6) is 0. The first-order valence-corrected chi connectivity index (χ1v) is 4.70. The van der Waals surface area contributed by atoms with Gasteiger partial charge in [0.05, 0.1) is 5.60 Å². The van der Waals surface area contributed by atoms with Crippen LogP contribution in [0.15, 0.2) is 12.2 Å². The number of hydrogen-bond acceptors (Lipinski definition) is 1. The normalized spacial score (nSPS) is 37.8. The smallest absolute Gasteiger partial charge is 0.0719 e. The van der Waals surface area contributed by atoms with Crippen LogP contribution in [0, 0.1) is 0 Å². The first kappa shape index (κ1) is 7.35. The molecule has 2 rings (SSSR count). The van der Waals surface area contributed by atoms with Gasteiger partial charge in [-0.1, -0.05) is 12.2 Å². The van der Waals surface area contributed by atoms with Gasteiger partial charge in [-0.15, -0.1) is 0 Å². The maximum absolute atomic E-state index is 5.86. The molecule has 62 valence electrons. The van der Waals surface area contributed by atoms with Gasteiger partial charge in [0.15, 0.2) is 0 Å². The quantitative estimate of drug-likeness (QED) is 0.485. The lowest BCUT2D eigenvalue weighted by molar-refractivity contribution is -0.0830. The van der Waals surface area contributed by atoms with Crippen LogP contribution < -0.4 is 0 Å². The summed E-state index contributed by atoms with van der Waals surface area (Å²) < 4.78 is 5.86. The Kier molecular flexibility index (Phi) is 1.99. The van der Waals surface area contributed by atoms with Crippen LogP contribution in [-0.2, 0) is 4.74 Å². The molecule has 1 saturated heterocycles. The fraction of sp³-hybridized carbons (Fsp3) is 0.800. The molecule has 1 fully saturated rings. The van der Waals surface area contributed by atoms with Gasteiger partial charge < -0.3 is 4.74 Å². The molecule has 0 N–H and O–H groups in total. The first-order valence-electron chi connectivity index (χ1n) is 4.70. The van der Waals surface area contributed by atoms with Crippen LogP contribution in [0.25, 0.3) is 0 Å². The molecular weight excluding hydrogens is 136 g/mol. The zero-order valence-corrected chi connectivity index (χ0v) is 7.01. The maximum atomic E-state index is 5.86. The summed E-state index contributed by atoms with van der Waals surface area (Å²) in [6, 6.07) is 0. The number of rotatable bonds is 0. The Hall–Kier alpha value is -0.300. The van der Waals surface area contributed by atoms with E-state index in [0.717, 1.165) is 13.0 Å². The average Bonchev–Trinajstić information content (AvgIpc) is 2.07. The Morgan fingerprint density at radius 3 is 2.73 bits per heavy atom. The molecule has 0 radical (unpaired) electrons. The molecule has 2 aliphatic rings. The fourth-order valence-electron chi connectivity index (χ4n) is 2.13. The molecule has 1 heteroatoms. The Bertz CT molecular complexity index is 154. The molecule has 1 unspecified atom stereocenters. The fourth-order valence-corrected chi connectivity index (χ4v) is 2.13. The highest BCUT2D eigenvalue weighted by atomic mass is 16.5. The number of ether oxygens (including phenoxy) is 1. The third-order valence-corrected chi connectivity index (χ3v) is 2.86. The summed E-state index contributed by atoms with van der Waals surface area (Å²) in [7, 11) is 0. The molecular formula is C10H16O. The van der Waals surface area contributed by atoms with Gasteiger partial charge in [0.25, 0.3) is 0 Å². The van der Waals surface area contributed by atoms with Crippen molar-refractivity contribution in [3.05, 3.63) is 12.2 Å². The lowest BCUT2D eigenvalue weighted by atomic mass is 9.83. The van der Waals surface area contributed by atoms with Gasteiger partial charge >= 0.3 is 0 Å². The van der Waals surface area contributed by atoms with Gasteiger partial charge in [0.1, 0.15) is 0 Å². The van der Waals surface area contributed by atoms with E-state index in [1.807, 2.05) is 0 Å². The molecule has 0 saturated carbocycles. The Labute approximate surface area is 68.4 Å². The van der Waals surface area contributed by atoms with E-state index in [0.29, 0.717) is 0 Å². The number of hydrogen-bond donors (Lipinski definition) is 0. The van der Waals surface area contributed by atoms with Crippen molar-refractivity contribution in [2.45, 2.75) is 44.1 Å². The van der Waals surface area contributed by atoms with Crippen molar-refractivity contribution < 1.29 is 4.74 Å². The Morgan fingerprint density at radius 2 is 2.09 bits per heavy atom. The minimum atomic E-state index is 0.271. The van der Waals surface area contributed by atoms with Crippen LogP contribution in [0.5, 0.6) is 0 Å². The van der Waals surface area contributed by atoms with Crippen LogP contribution in [0.4, 0.5) is 0 Å².